The molecule has 4 rings (SSSR count). The van der Waals surface area contributed by atoms with Gasteiger partial charge in [0.2, 0.25) is 11.8 Å². The van der Waals surface area contributed by atoms with Crippen LogP contribution in [0, 0.1) is 17.2 Å². The molecule has 2 aliphatic rings. The van der Waals surface area contributed by atoms with E-state index in [1.807, 2.05) is 0 Å². The summed E-state index contributed by atoms with van der Waals surface area (Å²) in [6, 6.07) is 2.27. The molecule has 2 aromatic heterocycles. The standard InChI is InChI=1S/C20H24N4O4S3/c1-12(29-20-24-23-17(28-20)9-13-7-8-31(26,27)11-13)18(25)22-19-15(10-21)14-5-3-2-4-6-16(14)30-19/h12-13H,2-9,11H2,1H3,(H,22,25). The van der Waals surface area contributed by atoms with Crippen LogP contribution in [0.25, 0.3) is 0 Å². The van der Waals surface area contributed by atoms with E-state index in [1.54, 1.807) is 6.92 Å². The van der Waals surface area contributed by atoms with E-state index in [2.05, 4.69) is 21.6 Å². The van der Waals surface area contributed by atoms with Gasteiger partial charge in [-0.05, 0) is 50.5 Å². The highest BCUT2D eigenvalue weighted by Crippen LogP contribution is 2.37. The van der Waals surface area contributed by atoms with Crippen molar-refractivity contribution in [3.63, 3.8) is 0 Å². The molecule has 31 heavy (non-hydrogen) atoms. The van der Waals surface area contributed by atoms with Gasteiger partial charge in [-0.3, -0.25) is 4.79 Å². The summed E-state index contributed by atoms with van der Waals surface area (Å²) in [6.07, 6.45) is 6.25. The molecule has 2 aromatic rings. The first-order chi connectivity index (χ1) is 14.8. The van der Waals surface area contributed by atoms with Crippen LogP contribution in [0.15, 0.2) is 9.64 Å². The van der Waals surface area contributed by atoms with Crippen molar-refractivity contribution in [3.8, 4) is 6.07 Å². The second-order valence-corrected chi connectivity index (χ2v) is 12.7. The molecular formula is C20H24N4O4S3. The molecule has 0 radical (unpaired) electrons. The molecule has 2 unspecified atom stereocenters. The molecule has 2 atom stereocenters. The van der Waals surface area contributed by atoms with Crippen LogP contribution in [-0.2, 0) is 33.9 Å². The number of fused-ring (bicyclic) bond motifs is 1. The molecule has 1 saturated heterocycles. The molecule has 0 aromatic carbocycles. The van der Waals surface area contributed by atoms with E-state index < -0.39 is 15.1 Å². The lowest BCUT2D eigenvalue weighted by Crippen LogP contribution is -2.22. The molecule has 1 amide bonds. The fraction of sp³-hybridized carbons (Fsp3) is 0.600. The monoisotopic (exact) mass is 480 g/mol. The van der Waals surface area contributed by atoms with Gasteiger partial charge in [0.05, 0.1) is 22.3 Å². The van der Waals surface area contributed by atoms with Crippen molar-refractivity contribution in [3.05, 3.63) is 21.9 Å². The number of anilines is 1. The van der Waals surface area contributed by atoms with Crippen LogP contribution >= 0.6 is 23.1 Å². The summed E-state index contributed by atoms with van der Waals surface area (Å²) in [5.74, 6) is 0.539. The summed E-state index contributed by atoms with van der Waals surface area (Å²) in [4.78, 5) is 13.9. The number of carbonyl (C=O) groups excluding carboxylic acids is 1. The number of thiophene rings is 1. The topological polar surface area (TPSA) is 126 Å². The quantitative estimate of drug-likeness (QED) is 0.493. The molecule has 8 nitrogen and oxygen atoms in total. The van der Waals surface area contributed by atoms with E-state index in [0.717, 1.165) is 43.0 Å². The summed E-state index contributed by atoms with van der Waals surface area (Å²) in [7, 11) is -2.95. The molecule has 1 aliphatic heterocycles. The maximum Gasteiger partial charge on any atom is 0.277 e. The lowest BCUT2D eigenvalue weighted by Gasteiger charge is -2.09. The zero-order valence-corrected chi connectivity index (χ0v) is 19.7. The molecule has 166 valence electrons. The number of rotatable bonds is 6. The first-order valence-electron chi connectivity index (χ1n) is 10.4. The van der Waals surface area contributed by atoms with Crippen LogP contribution in [0.1, 0.15) is 54.5 Å². The van der Waals surface area contributed by atoms with Gasteiger partial charge in [-0.2, -0.15) is 5.26 Å². The minimum absolute atomic E-state index is 0.00230. The van der Waals surface area contributed by atoms with E-state index in [9.17, 15) is 18.5 Å². The summed E-state index contributed by atoms with van der Waals surface area (Å²) in [5.41, 5.74) is 1.69. The number of sulfone groups is 1. The van der Waals surface area contributed by atoms with Crippen LogP contribution in [0.2, 0.25) is 0 Å². The zero-order chi connectivity index (χ0) is 22.0. The third-order valence-corrected chi connectivity index (χ3v) is 9.63. The largest absolute Gasteiger partial charge is 0.416 e. The van der Waals surface area contributed by atoms with Crippen LogP contribution in [0.4, 0.5) is 5.00 Å². The lowest BCUT2D eigenvalue weighted by atomic mass is 10.1. The van der Waals surface area contributed by atoms with E-state index in [4.69, 9.17) is 4.42 Å². The van der Waals surface area contributed by atoms with Crippen LogP contribution < -0.4 is 5.32 Å². The maximum atomic E-state index is 12.7. The van der Waals surface area contributed by atoms with Gasteiger partial charge < -0.3 is 9.73 Å². The summed E-state index contributed by atoms with van der Waals surface area (Å²) >= 11 is 2.66. The number of amides is 1. The fourth-order valence-electron chi connectivity index (χ4n) is 4.02. The second kappa shape index (κ2) is 9.30. The molecule has 1 N–H and O–H groups in total. The Labute approximate surface area is 189 Å². The smallest absolute Gasteiger partial charge is 0.277 e. The van der Waals surface area contributed by atoms with Gasteiger partial charge in [-0.25, -0.2) is 8.42 Å². The van der Waals surface area contributed by atoms with Gasteiger partial charge in [0.15, 0.2) is 9.84 Å². The Kier molecular flexibility index (Phi) is 6.69. The number of nitrogens with one attached hydrogen (secondary N) is 1. The van der Waals surface area contributed by atoms with Crippen LogP contribution in [-0.4, -0.2) is 41.3 Å². The Morgan fingerprint density at radius 2 is 2.16 bits per heavy atom. The molecule has 0 spiro atoms. The number of aromatic nitrogens is 2. The minimum Gasteiger partial charge on any atom is -0.416 e. The molecule has 1 aliphatic carbocycles. The number of aryl methyl sites for hydroxylation is 1. The maximum absolute atomic E-state index is 12.7. The Morgan fingerprint density at radius 3 is 2.90 bits per heavy atom. The number of carbonyl (C=O) groups is 1. The van der Waals surface area contributed by atoms with Gasteiger partial charge in [-0.1, -0.05) is 18.2 Å². The second-order valence-electron chi connectivity index (χ2n) is 8.06. The molecule has 3 heterocycles. The van der Waals surface area contributed by atoms with Crippen LogP contribution in [0.5, 0.6) is 0 Å². The van der Waals surface area contributed by atoms with Crippen molar-refractivity contribution >= 4 is 43.8 Å². The average molecular weight is 481 g/mol. The lowest BCUT2D eigenvalue weighted by molar-refractivity contribution is -0.115. The van der Waals surface area contributed by atoms with Gasteiger partial charge >= 0.3 is 0 Å². The van der Waals surface area contributed by atoms with Crippen molar-refractivity contribution in [2.24, 2.45) is 5.92 Å². The Bertz CT molecular complexity index is 1120. The Balaban J connectivity index is 1.36. The predicted octanol–water partition coefficient (Wildman–Crippen LogP) is 3.37. The number of thioether (sulfide) groups is 1. The summed E-state index contributed by atoms with van der Waals surface area (Å²) in [5, 5.41) is 20.9. The number of hydrogen-bond acceptors (Lipinski definition) is 9. The average Bonchev–Trinajstić information content (AvgIpc) is 3.34. The highest BCUT2D eigenvalue weighted by Gasteiger charge is 2.30. The van der Waals surface area contributed by atoms with Crippen molar-refractivity contribution in [2.75, 3.05) is 16.8 Å². The van der Waals surface area contributed by atoms with Gasteiger partial charge in [0, 0.05) is 11.3 Å². The molecule has 1 fully saturated rings. The third kappa shape index (κ3) is 5.30. The van der Waals surface area contributed by atoms with E-state index in [1.165, 1.54) is 22.6 Å². The minimum atomic E-state index is -2.95. The van der Waals surface area contributed by atoms with E-state index in [0.29, 0.717) is 29.3 Å². The normalized spacial score (nSPS) is 21.1. The third-order valence-electron chi connectivity index (χ3n) is 5.66. The molecule has 0 bridgehead atoms. The number of hydrogen-bond donors (Lipinski definition) is 1. The van der Waals surface area contributed by atoms with E-state index >= 15 is 0 Å². The van der Waals surface area contributed by atoms with Crippen molar-refractivity contribution < 1.29 is 17.6 Å². The molecular weight excluding hydrogens is 456 g/mol. The summed E-state index contributed by atoms with van der Waals surface area (Å²) in [6.45, 7) is 1.75. The molecule has 0 saturated carbocycles. The fourth-order valence-corrected chi connectivity index (χ4v) is 7.82. The zero-order valence-electron chi connectivity index (χ0n) is 17.2. The van der Waals surface area contributed by atoms with Crippen molar-refractivity contribution in [1.29, 1.82) is 5.26 Å². The molecule has 11 heteroatoms. The van der Waals surface area contributed by atoms with E-state index in [-0.39, 0.29) is 28.6 Å². The van der Waals surface area contributed by atoms with Crippen molar-refractivity contribution in [2.45, 2.75) is 62.3 Å². The number of nitriles is 1. The van der Waals surface area contributed by atoms with Crippen LogP contribution in [0.3, 0.4) is 0 Å². The summed E-state index contributed by atoms with van der Waals surface area (Å²) < 4.78 is 28.8. The van der Waals surface area contributed by atoms with Gasteiger partial charge in [-0.15, -0.1) is 21.5 Å². The number of nitrogens with zero attached hydrogens (tertiary/aromatic N) is 3. The Hall–Kier alpha value is -1.90. The highest BCUT2D eigenvalue weighted by atomic mass is 32.2. The Morgan fingerprint density at radius 1 is 1.35 bits per heavy atom. The predicted molar refractivity (Wildman–Crippen MR) is 119 cm³/mol. The highest BCUT2D eigenvalue weighted by molar-refractivity contribution is 8.00. The van der Waals surface area contributed by atoms with Gasteiger partial charge in [0.25, 0.3) is 5.22 Å². The SMILES string of the molecule is CC(Sc1nnc(CC2CCS(=O)(=O)C2)o1)C(=O)Nc1sc2c(c1C#N)CCCCC2. The first kappa shape index (κ1) is 22.3. The van der Waals surface area contributed by atoms with Crippen molar-refractivity contribution in [1.82, 2.24) is 10.2 Å². The van der Waals surface area contributed by atoms with Gasteiger partial charge in [0.1, 0.15) is 11.1 Å². The first-order valence-corrected chi connectivity index (χ1v) is 13.9.